The Balaban J connectivity index is 2.45. The molecule has 0 saturated heterocycles. The van der Waals surface area contributed by atoms with Crippen LogP contribution in [0.1, 0.15) is 11.3 Å². The zero-order valence-electron chi connectivity index (χ0n) is 9.09. The Kier molecular flexibility index (Phi) is 5.29. The summed E-state index contributed by atoms with van der Waals surface area (Å²) in [6.45, 7) is 1.18. The Bertz CT molecular complexity index is 390. The smallest absolute Gasteiger partial charge is 0.279 e. The zero-order valence-corrected chi connectivity index (χ0v) is 10.7. The van der Waals surface area contributed by atoms with E-state index in [0.717, 1.165) is 4.88 Å². The lowest BCUT2D eigenvalue weighted by Gasteiger charge is -2.16. The van der Waals surface area contributed by atoms with Crippen LogP contribution in [0.2, 0.25) is 0 Å². The van der Waals surface area contributed by atoms with Gasteiger partial charge in [-0.15, -0.1) is 11.3 Å². The van der Waals surface area contributed by atoms with Crippen molar-refractivity contribution >= 4 is 21.5 Å². The summed E-state index contributed by atoms with van der Waals surface area (Å²) in [6.07, 6.45) is 2.30. The lowest BCUT2D eigenvalue weighted by Crippen LogP contribution is -2.38. The van der Waals surface area contributed by atoms with Crippen molar-refractivity contribution in [2.45, 2.75) is 13.0 Å². The molecule has 92 valence electrons. The summed E-state index contributed by atoms with van der Waals surface area (Å²) in [6, 6.07) is 0. The molecule has 0 bridgehead atoms. The number of nitrogens with one attached hydrogen (secondary N) is 1. The van der Waals surface area contributed by atoms with E-state index in [1.54, 1.807) is 11.7 Å². The molecule has 0 fully saturated rings. The van der Waals surface area contributed by atoms with Gasteiger partial charge in [-0.1, -0.05) is 0 Å². The van der Waals surface area contributed by atoms with Gasteiger partial charge in [-0.05, 0) is 13.0 Å². The van der Waals surface area contributed by atoms with E-state index in [2.05, 4.69) is 9.71 Å². The first kappa shape index (κ1) is 13.5. The molecule has 0 amide bonds. The van der Waals surface area contributed by atoms with E-state index >= 15 is 0 Å². The number of hydrogen-bond acceptors (Lipinski definition) is 5. The van der Waals surface area contributed by atoms with Gasteiger partial charge in [0.05, 0.1) is 5.51 Å². The lowest BCUT2D eigenvalue weighted by atomic mass is 10.4. The molecule has 8 heteroatoms. The first-order valence-corrected chi connectivity index (χ1v) is 7.16. The Morgan fingerprint density at radius 2 is 2.38 bits per heavy atom. The average molecular weight is 264 g/mol. The molecule has 0 saturated carbocycles. The predicted molar refractivity (Wildman–Crippen MR) is 64.2 cm³/mol. The summed E-state index contributed by atoms with van der Waals surface area (Å²) in [5.41, 5.74) is 6.99. The van der Waals surface area contributed by atoms with E-state index in [4.69, 9.17) is 5.73 Å². The van der Waals surface area contributed by atoms with Crippen molar-refractivity contribution in [2.75, 3.05) is 20.1 Å². The minimum atomic E-state index is -3.40. The fraction of sp³-hybridized carbons (Fsp3) is 0.625. The Hall–Kier alpha value is -0.540. The maximum Gasteiger partial charge on any atom is 0.279 e. The lowest BCUT2D eigenvalue weighted by molar-refractivity contribution is 0.453. The summed E-state index contributed by atoms with van der Waals surface area (Å²) in [5, 5.41) is 0. The van der Waals surface area contributed by atoms with E-state index < -0.39 is 10.2 Å². The molecule has 1 rings (SSSR count). The molecular weight excluding hydrogens is 248 g/mol. The molecule has 0 aliphatic rings. The minimum Gasteiger partial charge on any atom is -0.330 e. The fourth-order valence-electron chi connectivity index (χ4n) is 1.04. The standard InChI is InChI=1S/C8H16N4O2S2/c1-12(4-2-3-9)16(13,14)11-6-8-5-10-7-15-8/h5,7,11H,2-4,6,9H2,1H3. The van der Waals surface area contributed by atoms with Crippen LogP contribution in [0.3, 0.4) is 0 Å². The fourth-order valence-corrected chi connectivity index (χ4v) is 2.59. The van der Waals surface area contributed by atoms with Gasteiger partial charge in [-0.3, -0.25) is 4.98 Å². The average Bonchev–Trinajstić information content (AvgIpc) is 2.76. The number of thiazole rings is 1. The second kappa shape index (κ2) is 6.26. The Morgan fingerprint density at radius 3 is 2.94 bits per heavy atom. The molecule has 0 spiro atoms. The SMILES string of the molecule is CN(CCCN)S(=O)(=O)NCc1cncs1. The molecule has 0 aromatic carbocycles. The van der Waals surface area contributed by atoms with Gasteiger partial charge in [0.1, 0.15) is 0 Å². The van der Waals surface area contributed by atoms with Gasteiger partial charge in [-0.25, -0.2) is 0 Å². The normalized spacial score (nSPS) is 12.2. The van der Waals surface area contributed by atoms with Crippen LogP contribution in [0.25, 0.3) is 0 Å². The van der Waals surface area contributed by atoms with Crippen molar-refractivity contribution in [3.8, 4) is 0 Å². The van der Waals surface area contributed by atoms with Crippen molar-refractivity contribution < 1.29 is 8.42 Å². The molecule has 16 heavy (non-hydrogen) atoms. The highest BCUT2D eigenvalue weighted by atomic mass is 32.2. The van der Waals surface area contributed by atoms with Crippen LogP contribution in [0, 0.1) is 0 Å². The zero-order chi connectivity index (χ0) is 12.0. The Morgan fingerprint density at radius 1 is 1.62 bits per heavy atom. The van der Waals surface area contributed by atoms with Gasteiger partial charge < -0.3 is 5.73 Å². The highest BCUT2D eigenvalue weighted by Gasteiger charge is 2.16. The number of rotatable bonds is 7. The molecule has 1 aromatic heterocycles. The highest BCUT2D eigenvalue weighted by Crippen LogP contribution is 2.05. The van der Waals surface area contributed by atoms with Crippen LogP contribution in [-0.4, -0.2) is 37.8 Å². The van der Waals surface area contributed by atoms with Gasteiger partial charge in [0.15, 0.2) is 0 Å². The van der Waals surface area contributed by atoms with Crippen molar-refractivity contribution in [3.05, 3.63) is 16.6 Å². The second-order valence-electron chi connectivity index (χ2n) is 3.26. The van der Waals surface area contributed by atoms with Crippen molar-refractivity contribution in [3.63, 3.8) is 0 Å². The minimum absolute atomic E-state index is 0.278. The van der Waals surface area contributed by atoms with Gasteiger partial charge in [0.2, 0.25) is 0 Å². The number of nitrogens with two attached hydrogens (primary N) is 1. The number of aromatic nitrogens is 1. The van der Waals surface area contributed by atoms with Crippen LogP contribution >= 0.6 is 11.3 Å². The largest absolute Gasteiger partial charge is 0.330 e. The maximum atomic E-state index is 11.7. The van der Waals surface area contributed by atoms with E-state index in [1.807, 2.05) is 0 Å². The third kappa shape index (κ3) is 4.14. The Labute approximate surface area is 99.7 Å². The molecule has 0 aliphatic carbocycles. The summed E-state index contributed by atoms with van der Waals surface area (Å²) < 4.78 is 27.1. The summed E-state index contributed by atoms with van der Waals surface area (Å²) >= 11 is 1.42. The molecular formula is C8H16N4O2S2. The van der Waals surface area contributed by atoms with Crippen LogP contribution in [0.4, 0.5) is 0 Å². The van der Waals surface area contributed by atoms with Gasteiger partial charge in [-0.2, -0.15) is 17.4 Å². The molecule has 0 radical (unpaired) electrons. The quantitative estimate of drug-likeness (QED) is 0.711. The molecule has 1 aromatic rings. The molecule has 0 aliphatic heterocycles. The van der Waals surface area contributed by atoms with Crippen molar-refractivity contribution in [1.82, 2.24) is 14.0 Å². The third-order valence-electron chi connectivity index (χ3n) is 2.00. The second-order valence-corrected chi connectivity index (χ2v) is 6.09. The van der Waals surface area contributed by atoms with Crippen LogP contribution in [0.5, 0.6) is 0 Å². The van der Waals surface area contributed by atoms with E-state index in [9.17, 15) is 8.42 Å². The first-order chi connectivity index (χ1) is 7.56. The van der Waals surface area contributed by atoms with E-state index in [0.29, 0.717) is 19.5 Å². The van der Waals surface area contributed by atoms with E-state index in [1.165, 1.54) is 22.7 Å². The van der Waals surface area contributed by atoms with Crippen molar-refractivity contribution in [2.24, 2.45) is 5.73 Å². The summed E-state index contributed by atoms with van der Waals surface area (Å²) in [5.74, 6) is 0. The number of hydrogen-bond donors (Lipinski definition) is 2. The summed E-state index contributed by atoms with van der Waals surface area (Å²) in [4.78, 5) is 4.76. The van der Waals surface area contributed by atoms with Gasteiger partial charge in [0.25, 0.3) is 10.2 Å². The predicted octanol–water partition coefficient (Wildman–Crippen LogP) is -0.242. The van der Waals surface area contributed by atoms with Crippen LogP contribution in [0.15, 0.2) is 11.7 Å². The molecule has 0 atom stereocenters. The van der Waals surface area contributed by atoms with Crippen LogP contribution < -0.4 is 10.5 Å². The van der Waals surface area contributed by atoms with Crippen LogP contribution in [-0.2, 0) is 16.8 Å². The summed E-state index contributed by atoms with van der Waals surface area (Å²) in [7, 11) is -1.87. The molecule has 6 nitrogen and oxygen atoms in total. The topological polar surface area (TPSA) is 88.3 Å². The van der Waals surface area contributed by atoms with Gasteiger partial charge in [0, 0.05) is 31.2 Å². The molecule has 3 N–H and O–H groups in total. The highest BCUT2D eigenvalue weighted by molar-refractivity contribution is 7.87. The van der Waals surface area contributed by atoms with E-state index in [-0.39, 0.29) is 6.54 Å². The molecule has 1 heterocycles. The first-order valence-electron chi connectivity index (χ1n) is 4.84. The molecule has 0 unspecified atom stereocenters. The number of nitrogens with zero attached hydrogens (tertiary/aromatic N) is 2. The monoisotopic (exact) mass is 264 g/mol. The van der Waals surface area contributed by atoms with Gasteiger partial charge >= 0.3 is 0 Å². The third-order valence-corrected chi connectivity index (χ3v) is 4.29. The maximum absolute atomic E-state index is 11.7. The van der Waals surface area contributed by atoms with Crippen molar-refractivity contribution in [1.29, 1.82) is 0 Å².